The van der Waals surface area contributed by atoms with E-state index in [9.17, 15) is 9.59 Å². The summed E-state index contributed by atoms with van der Waals surface area (Å²) in [6.07, 6.45) is 6.40. The van der Waals surface area contributed by atoms with Crippen molar-refractivity contribution >= 4 is 11.8 Å². The molecule has 1 aliphatic rings. The van der Waals surface area contributed by atoms with Gasteiger partial charge in [0.05, 0.1) is 5.92 Å². The van der Waals surface area contributed by atoms with Crippen LogP contribution in [0.5, 0.6) is 0 Å². The summed E-state index contributed by atoms with van der Waals surface area (Å²) in [5.74, 6) is -0.0532. The van der Waals surface area contributed by atoms with E-state index < -0.39 is 0 Å². The molecule has 0 bridgehead atoms. The number of amides is 2. The highest BCUT2D eigenvalue weighted by atomic mass is 16.2. The van der Waals surface area contributed by atoms with Crippen LogP contribution in [0.15, 0.2) is 61.4 Å². The smallest absolute Gasteiger partial charge is 0.228 e. The van der Waals surface area contributed by atoms with Crippen molar-refractivity contribution in [2.75, 3.05) is 26.2 Å². The van der Waals surface area contributed by atoms with E-state index >= 15 is 0 Å². The van der Waals surface area contributed by atoms with E-state index in [1.165, 1.54) is 0 Å². The molecule has 3 rings (SSSR count). The second kappa shape index (κ2) is 9.31. The lowest BCUT2D eigenvalue weighted by Gasteiger charge is -2.23. The molecule has 0 aliphatic carbocycles. The first-order chi connectivity index (χ1) is 13.6. The standard InChI is InChI=1S/C23H27N3O2/c1-3-11-25-12-13-26(22(27)4-2)17-21(23(25)28)15-18-7-5-8-19(14-18)20-9-6-10-24-16-20/h3,5-10,14,16,21H,1,4,11-13,15,17H2,2H3/t21-/m1/s1. The first-order valence-corrected chi connectivity index (χ1v) is 9.79. The number of pyridine rings is 1. The molecule has 1 fully saturated rings. The van der Waals surface area contributed by atoms with Crippen molar-refractivity contribution in [1.29, 1.82) is 0 Å². The summed E-state index contributed by atoms with van der Waals surface area (Å²) in [6.45, 7) is 7.75. The van der Waals surface area contributed by atoms with E-state index in [1.54, 1.807) is 12.3 Å². The van der Waals surface area contributed by atoms with Gasteiger partial charge >= 0.3 is 0 Å². The minimum Gasteiger partial charge on any atom is -0.340 e. The van der Waals surface area contributed by atoms with Crippen molar-refractivity contribution in [2.45, 2.75) is 19.8 Å². The predicted octanol–water partition coefficient (Wildman–Crippen LogP) is 3.17. The zero-order valence-corrected chi connectivity index (χ0v) is 16.4. The van der Waals surface area contributed by atoms with Gasteiger partial charge in [0.1, 0.15) is 0 Å². The van der Waals surface area contributed by atoms with Crippen molar-refractivity contribution in [2.24, 2.45) is 5.92 Å². The van der Waals surface area contributed by atoms with Crippen LogP contribution < -0.4 is 0 Å². The largest absolute Gasteiger partial charge is 0.340 e. The first-order valence-electron chi connectivity index (χ1n) is 9.79. The van der Waals surface area contributed by atoms with Gasteiger partial charge in [-0.3, -0.25) is 14.6 Å². The molecule has 28 heavy (non-hydrogen) atoms. The average Bonchev–Trinajstić information content (AvgIpc) is 2.88. The predicted molar refractivity (Wildman–Crippen MR) is 111 cm³/mol. The van der Waals surface area contributed by atoms with Crippen LogP contribution in [-0.4, -0.2) is 52.8 Å². The maximum Gasteiger partial charge on any atom is 0.228 e. The van der Waals surface area contributed by atoms with Crippen molar-refractivity contribution in [3.05, 3.63) is 67.0 Å². The van der Waals surface area contributed by atoms with Crippen molar-refractivity contribution in [1.82, 2.24) is 14.8 Å². The molecular formula is C23H27N3O2. The molecule has 1 atom stereocenters. The van der Waals surface area contributed by atoms with Gasteiger partial charge in [0, 0.05) is 45.0 Å². The van der Waals surface area contributed by atoms with E-state index in [1.807, 2.05) is 53.3 Å². The van der Waals surface area contributed by atoms with Crippen LogP contribution in [0.25, 0.3) is 11.1 Å². The summed E-state index contributed by atoms with van der Waals surface area (Å²) in [5.41, 5.74) is 3.22. The number of rotatable bonds is 6. The lowest BCUT2D eigenvalue weighted by atomic mass is 9.95. The van der Waals surface area contributed by atoms with Gasteiger partial charge < -0.3 is 9.80 Å². The molecule has 1 aromatic carbocycles. The van der Waals surface area contributed by atoms with E-state index in [4.69, 9.17) is 0 Å². The lowest BCUT2D eigenvalue weighted by molar-refractivity contribution is -0.134. The highest BCUT2D eigenvalue weighted by Gasteiger charge is 2.31. The third-order valence-corrected chi connectivity index (χ3v) is 5.15. The Morgan fingerprint density at radius 1 is 1.25 bits per heavy atom. The number of hydrogen-bond donors (Lipinski definition) is 0. The normalized spacial score (nSPS) is 17.3. The quantitative estimate of drug-likeness (QED) is 0.727. The number of aromatic nitrogens is 1. The minimum atomic E-state index is -0.248. The summed E-state index contributed by atoms with van der Waals surface area (Å²) in [5, 5.41) is 0. The van der Waals surface area contributed by atoms with Crippen LogP contribution in [0.1, 0.15) is 18.9 Å². The maximum atomic E-state index is 13.1. The Hall–Kier alpha value is -2.95. The van der Waals surface area contributed by atoms with Gasteiger partial charge in [-0.15, -0.1) is 6.58 Å². The second-order valence-electron chi connectivity index (χ2n) is 7.11. The molecule has 146 valence electrons. The molecule has 1 aromatic heterocycles. The highest BCUT2D eigenvalue weighted by molar-refractivity contribution is 5.82. The molecule has 0 radical (unpaired) electrons. The van der Waals surface area contributed by atoms with Crippen LogP contribution >= 0.6 is 0 Å². The monoisotopic (exact) mass is 377 g/mol. The summed E-state index contributed by atoms with van der Waals surface area (Å²) < 4.78 is 0. The van der Waals surface area contributed by atoms with E-state index in [2.05, 4.69) is 17.6 Å². The number of hydrogen-bond acceptors (Lipinski definition) is 3. The second-order valence-corrected chi connectivity index (χ2v) is 7.11. The van der Waals surface area contributed by atoms with Gasteiger partial charge in [-0.25, -0.2) is 0 Å². The van der Waals surface area contributed by atoms with Gasteiger partial charge in [0.15, 0.2) is 0 Å². The van der Waals surface area contributed by atoms with Gasteiger partial charge in [-0.05, 0) is 29.2 Å². The SMILES string of the molecule is C=CCN1CCN(C(=O)CC)C[C@@H](Cc2cccc(-c3cccnc3)c2)C1=O. The van der Waals surface area contributed by atoms with Crippen molar-refractivity contribution in [3.8, 4) is 11.1 Å². The number of carbonyl (C=O) groups excluding carboxylic acids is 2. The molecule has 5 heteroatoms. The van der Waals surface area contributed by atoms with Gasteiger partial charge in [0.25, 0.3) is 0 Å². The molecule has 1 aliphatic heterocycles. The Balaban J connectivity index is 1.84. The molecule has 0 unspecified atom stereocenters. The fraction of sp³-hybridized carbons (Fsp3) is 0.348. The average molecular weight is 377 g/mol. The third-order valence-electron chi connectivity index (χ3n) is 5.15. The zero-order valence-electron chi connectivity index (χ0n) is 16.4. The number of carbonyl (C=O) groups is 2. The van der Waals surface area contributed by atoms with E-state index in [0.29, 0.717) is 39.0 Å². The molecule has 0 spiro atoms. The highest BCUT2D eigenvalue weighted by Crippen LogP contribution is 2.23. The van der Waals surface area contributed by atoms with Gasteiger partial charge in [0.2, 0.25) is 11.8 Å². The Bertz CT molecular complexity index is 835. The Morgan fingerprint density at radius 2 is 2.07 bits per heavy atom. The molecular weight excluding hydrogens is 350 g/mol. The summed E-state index contributed by atoms with van der Waals surface area (Å²) in [4.78, 5) is 33.2. The molecule has 2 aromatic rings. The van der Waals surface area contributed by atoms with Crippen LogP contribution in [0.4, 0.5) is 0 Å². The van der Waals surface area contributed by atoms with Gasteiger partial charge in [-0.1, -0.05) is 43.3 Å². The van der Waals surface area contributed by atoms with E-state index in [0.717, 1.165) is 16.7 Å². The lowest BCUT2D eigenvalue weighted by Crippen LogP contribution is -2.37. The van der Waals surface area contributed by atoms with Crippen LogP contribution in [0.3, 0.4) is 0 Å². The van der Waals surface area contributed by atoms with Crippen LogP contribution in [-0.2, 0) is 16.0 Å². The number of nitrogens with zero attached hydrogens (tertiary/aromatic N) is 3. The van der Waals surface area contributed by atoms with Crippen LogP contribution in [0, 0.1) is 5.92 Å². The zero-order chi connectivity index (χ0) is 19.9. The first kappa shape index (κ1) is 19.8. The minimum absolute atomic E-state index is 0.0954. The van der Waals surface area contributed by atoms with Gasteiger partial charge in [-0.2, -0.15) is 0 Å². The Kier molecular flexibility index (Phi) is 6.58. The fourth-order valence-corrected chi connectivity index (χ4v) is 3.68. The topological polar surface area (TPSA) is 53.5 Å². The fourth-order valence-electron chi connectivity index (χ4n) is 3.68. The van der Waals surface area contributed by atoms with Crippen LogP contribution in [0.2, 0.25) is 0 Å². The molecule has 0 saturated carbocycles. The summed E-state index contributed by atoms with van der Waals surface area (Å²) in [7, 11) is 0. The molecule has 0 N–H and O–H groups in total. The maximum absolute atomic E-state index is 13.1. The summed E-state index contributed by atoms with van der Waals surface area (Å²) in [6, 6.07) is 12.1. The molecule has 1 saturated heterocycles. The molecule has 2 amide bonds. The van der Waals surface area contributed by atoms with Crippen molar-refractivity contribution in [3.63, 3.8) is 0 Å². The Labute approximate surface area is 166 Å². The third kappa shape index (κ3) is 4.66. The summed E-state index contributed by atoms with van der Waals surface area (Å²) >= 11 is 0. The molecule has 2 heterocycles. The number of benzene rings is 1. The van der Waals surface area contributed by atoms with Crippen molar-refractivity contribution < 1.29 is 9.59 Å². The molecule has 5 nitrogen and oxygen atoms in total. The Morgan fingerprint density at radius 3 is 2.79 bits per heavy atom. The van der Waals surface area contributed by atoms with E-state index in [-0.39, 0.29) is 17.7 Å².